The summed E-state index contributed by atoms with van der Waals surface area (Å²) >= 11 is 5.79. The Morgan fingerprint density at radius 2 is 1.94 bits per heavy atom. The highest BCUT2D eigenvalue weighted by Gasteiger charge is 2.21. The van der Waals surface area contributed by atoms with E-state index in [1.807, 2.05) is 0 Å². The van der Waals surface area contributed by atoms with Gasteiger partial charge in [-0.2, -0.15) is 0 Å². The predicted octanol–water partition coefficient (Wildman–Crippen LogP) is 2.48. The fraction of sp³-hybridized carbons (Fsp3) is 0.333. The average molecular weight is 257 g/mol. The highest BCUT2D eigenvalue weighted by Crippen LogP contribution is 2.24. The zero-order valence-corrected chi connectivity index (χ0v) is 10.4. The Labute approximate surface area is 104 Å². The second-order valence-electron chi connectivity index (χ2n) is 3.12. The van der Waals surface area contributed by atoms with Crippen LogP contribution in [0.3, 0.4) is 0 Å². The lowest BCUT2D eigenvalue weighted by Crippen LogP contribution is -2.18. The lowest BCUT2D eigenvalue weighted by atomic mass is 10.1. The van der Waals surface area contributed by atoms with Crippen molar-refractivity contribution < 1.29 is 19.1 Å². The molecular formula is C12H13ClO4. The van der Waals surface area contributed by atoms with Gasteiger partial charge in [0.15, 0.2) is 0 Å². The van der Waals surface area contributed by atoms with Gasteiger partial charge in [0, 0.05) is 5.02 Å². The molecule has 0 amide bonds. The van der Waals surface area contributed by atoms with Gasteiger partial charge in [-0.15, -0.1) is 0 Å². The number of benzene rings is 1. The molecule has 0 spiro atoms. The number of hydrogen-bond acceptors (Lipinski definition) is 4. The summed E-state index contributed by atoms with van der Waals surface area (Å²) in [6.07, 6.45) is 0. The van der Waals surface area contributed by atoms with Crippen molar-refractivity contribution in [2.24, 2.45) is 0 Å². The highest BCUT2D eigenvalue weighted by atomic mass is 35.5. The Balaban J connectivity index is 3.03. The molecule has 0 aliphatic carbocycles. The van der Waals surface area contributed by atoms with Crippen LogP contribution in [0.25, 0.3) is 0 Å². The number of esters is 1. The number of Topliss-reactive ketones (excluding diaryl/α,β-unsaturated/α-hetero) is 1. The fourth-order valence-electron chi connectivity index (χ4n) is 1.27. The van der Waals surface area contributed by atoms with E-state index in [0.717, 1.165) is 0 Å². The summed E-state index contributed by atoms with van der Waals surface area (Å²) in [5.41, 5.74) is 0.162. The number of carbonyl (C=O) groups is 2. The van der Waals surface area contributed by atoms with E-state index in [2.05, 4.69) is 4.74 Å². The molecule has 0 heterocycles. The molecule has 0 bridgehead atoms. The minimum Gasteiger partial charge on any atom is -0.493 e. The van der Waals surface area contributed by atoms with Crippen molar-refractivity contribution in [2.45, 2.75) is 13.8 Å². The van der Waals surface area contributed by atoms with Gasteiger partial charge in [0.25, 0.3) is 5.78 Å². The smallest absolute Gasteiger partial charge is 0.379 e. The molecule has 0 fully saturated rings. The van der Waals surface area contributed by atoms with E-state index in [1.54, 1.807) is 13.8 Å². The molecule has 0 saturated carbocycles. The molecule has 5 heteroatoms. The molecule has 1 aromatic carbocycles. The summed E-state index contributed by atoms with van der Waals surface area (Å²) < 4.78 is 9.90. The van der Waals surface area contributed by atoms with Crippen LogP contribution in [0.2, 0.25) is 5.02 Å². The van der Waals surface area contributed by atoms with Crippen molar-refractivity contribution in [3.05, 3.63) is 28.8 Å². The van der Waals surface area contributed by atoms with Gasteiger partial charge in [0.1, 0.15) is 5.75 Å². The molecule has 0 aliphatic rings. The molecule has 1 aromatic rings. The third-order valence-corrected chi connectivity index (χ3v) is 2.18. The zero-order chi connectivity index (χ0) is 12.8. The molecule has 0 saturated heterocycles. The Bertz CT molecular complexity index is 429. The molecule has 0 atom stereocenters. The zero-order valence-electron chi connectivity index (χ0n) is 9.66. The van der Waals surface area contributed by atoms with Crippen LogP contribution in [-0.2, 0) is 9.53 Å². The average Bonchev–Trinajstić information content (AvgIpc) is 2.29. The predicted molar refractivity (Wildman–Crippen MR) is 63.6 cm³/mol. The van der Waals surface area contributed by atoms with Gasteiger partial charge >= 0.3 is 5.97 Å². The lowest BCUT2D eigenvalue weighted by molar-refractivity contribution is -0.137. The number of halogens is 1. The number of ketones is 1. The molecule has 17 heavy (non-hydrogen) atoms. The molecule has 0 unspecified atom stereocenters. The molecule has 92 valence electrons. The van der Waals surface area contributed by atoms with E-state index in [1.165, 1.54) is 18.2 Å². The summed E-state index contributed by atoms with van der Waals surface area (Å²) in [6.45, 7) is 3.95. The van der Waals surface area contributed by atoms with Crippen molar-refractivity contribution in [1.82, 2.24) is 0 Å². The minimum absolute atomic E-state index is 0.155. The van der Waals surface area contributed by atoms with Crippen LogP contribution in [0.5, 0.6) is 5.75 Å². The first-order valence-corrected chi connectivity index (χ1v) is 5.61. The van der Waals surface area contributed by atoms with Crippen molar-refractivity contribution in [2.75, 3.05) is 13.2 Å². The van der Waals surface area contributed by atoms with Crippen molar-refractivity contribution in [3.63, 3.8) is 0 Å². The Morgan fingerprint density at radius 1 is 1.24 bits per heavy atom. The van der Waals surface area contributed by atoms with Crippen LogP contribution in [-0.4, -0.2) is 25.0 Å². The molecule has 4 nitrogen and oxygen atoms in total. The first-order valence-electron chi connectivity index (χ1n) is 5.24. The molecule has 0 aliphatic heterocycles. The molecule has 1 rings (SSSR count). The van der Waals surface area contributed by atoms with Crippen LogP contribution in [0.1, 0.15) is 24.2 Å². The topological polar surface area (TPSA) is 52.6 Å². The summed E-state index contributed by atoms with van der Waals surface area (Å²) in [4.78, 5) is 23.1. The summed E-state index contributed by atoms with van der Waals surface area (Å²) in [5.74, 6) is -1.33. The van der Waals surface area contributed by atoms with E-state index in [-0.39, 0.29) is 17.9 Å². The van der Waals surface area contributed by atoms with Gasteiger partial charge in [0.2, 0.25) is 0 Å². The third-order valence-electron chi connectivity index (χ3n) is 1.95. The SMILES string of the molecule is CCOC(=O)C(=O)c1ccc(Cl)cc1OCC. The Hall–Kier alpha value is -1.55. The maximum Gasteiger partial charge on any atom is 0.379 e. The van der Waals surface area contributed by atoms with Gasteiger partial charge in [-0.1, -0.05) is 11.6 Å². The summed E-state index contributed by atoms with van der Waals surface area (Å²) in [7, 11) is 0. The lowest BCUT2D eigenvalue weighted by Gasteiger charge is -2.09. The van der Waals surface area contributed by atoms with Crippen LogP contribution in [0, 0.1) is 0 Å². The van der Waals surface area contributed by atoms with Crippen LogP contribution in [0.15, 0.2) is 18.2 Å². The van der Waals surface area contributed by atoms with Gasteiger partial charge < -0.3 is 9.47 Å². The van der Waals surface area contributed by atoms with Gasteiger partial charge in [0.05, 0.1) is 18.8 Å². The van der Waals surface area contributed by atoms with Crippen molar-refractivity contribution in [1.29, 1.82) is 0 Å². The Morgan fingerprint density at radius 3 is 2.53 bits per heavy atom. The Kier molecular flexibility index (Phi) is 4.97. The number of rotatable bonds is 5. The van der Waals surface area contributed by atoms with Gasteiger partial charge in [-0.25, -0.2) is 4.79 Å². The van der Waals surface area contributed by atoms with E-state index in [4.69, 9.17) is 16.3 Å². The van der Waals surface area contributed by atoms with Gasteiger partial charge in [-0.3, -0.25) is 4.79 Å². The minimum atomic E-state index is -0.893. The van der Waals surface area contributed by atoms with E-state index < -0.39 is 11.8 Å². The quantitative estimate of drug-likeness (QED) is 0.461. The van der Waals surface area contributed by atoms with E-state index in [0.29, 0.717) is 11.6 Å². The second kappa shape index (κ2) is 6.25. The monoisotopic (exact) mass is 256 g/mol. The molecule has 0 aromatic heterocycles. The second-order valence-corrected chi connectivity index (χ2v) is 3.56. The highest BCUT2D eigenvalue weighted by molar-refractivity contribution is 6.41. The van der Waals surface area contributed by atoms with E-state index in [9.17, 15) is 9.59 Å². The van der Waals surface area contributed by atoms with Crippen LogP contribution in [0.4, 0.5) is 0 Å². The third kappa shape index (κ3) is 3.46. The number of hydrogen-bond donors (Lipinski definition) is 0. The maximum absolute atomic E-state index is 11.7. The van der Waals surface area contributed by atoms with Crippen LogP contribution >= 0.6 is 11.6 Å². The standard InChI is InChI=1S/C12H13ClO4/c1-3-16-10-7-8(13)5-6-9(10)11(14)12(15)17-4-2/h5-7H,3-4H2,1-2H3. The van der Waals surface area contributed by atoms with Crippen molar-refractivity contribution >= 4 is 23.4 Å². The molecule has 0 radical (unpaired) electrons. The largest absolute Gasteiger partial charge is 0.493 e. The molecule has 0 N–H and O–H groups in total. The van der Waals surface area contributed by atoms with E-state index >= 15 is 0 Å². The molecular weight excluding hydrogens is 244 g/mol. The number of carbonyl (C=O) groups excluding carboxylic acids is 2. The summed E-state index contributed by atoms with van der Waals surface area (Å²) in [6, 6.07) is 4.47. The van der Waals surface area contributed by atoms with Crippen molar-refractivity contribution in [3.8, 4) is 5.75 Å². The van der Waals surface area contributed by atoms with Crippen LogP contribution < -0.4 is 4.74 Å². The maximum atomic E-state index is 11.7. The van der Waals surface area contributed by atoms with Gasteiger partial charge in [-0.05, 0) is 32.0 Å². The number of ether oxygens (including phenoxy) is 2. The summed E-state index contributed by atoms with van der Waals surface area (Å²) in [5, 5.41) is 0.439. The normalized spacial score (nSPS) is 9.82. The first kappa shape index (κ1) is 13.5. The fourth-order valence-corrected chi connectivity index (χ4v) is 1.43. The first-order chi connectivity index (χ1) is 8.10.